The van der Waals surface area contributed by atoms with E-state index in [1.165, 1.54) is 17.7 Å². The second-order valence-electron chi connectivity index (χ2n) is 5.35. The minimum Gasteiger partial charge on any atom is -0.314 e. The molecule has 1 heterocycles. The second kappa shape index (κ2) is 4.86. The molecule has 1 N–H and O–H groups in total. The lowest BCUT2D eigenvalue weighted by Crippen LogP contribution is -2.47. The number of nitrogens with zero attached hydrogens (tertiary/aromatic N) is 1. The Bertz CT molecular complexity index is 315. The zero-order valence-electron chi connectivity index (χ0n) is 10.5. The summed E-state index contributed by atoms with van der Waals surface area (Å²) < 4.78 is 0. The summed E-state index contributed by atoms with van der Waals surface area (Å²) in [6, 6.07) is 5.22. The van der Waals surface area contributed by atoms with Crippen molar-refractivity contribution in [2.75, 3.05) is 13.6 Å². The predicted molar refractivity (Wildman–Crippen MR) is 70.9 cm³/mol. The Kier molecular flexibility index (Phi) is 3.67. The van der Waals surface area contributed by atoms with E-state index in [-0.39, 0.29) is 5.54 Å². The first-order chi connectivity index (χ1) is 7.61. The van der Waals surface area contributed by atoms with Crippen LogP contribution in [-0.4, -0.2) is 30.1 Å². The van der Waals surface area contributed by atoms with Crippen LogP contribution >= 0.6 is 11.3 Å². The molecule has 3 heteroatoms. The normalized spacial score (nSPS) is 17.0. The Morgan fingerprint density at radius 2 is 2.25 bits per heavy atom. The monoisotopic (exact) mass is 238 g/mol. The van der Waals surface area contributed by atoms with Crippen molar-refractivity contribution >= 4 is 11.3 Å². The lowest BCUT2D eigenvalue weighted by Gasteiger charge is -2.32. The van der Waals surface area contributed by atoms with Gasteiger partial charge in [-0.25, -0.2) is 0 Å². The Balaban J connectivity index is 1.95. The van der Waals surface area contributed by atoms with Crippen LogP contribution in [0.3, 0.4) is 0 Å². The molecule has 1 aromatic rings. The summed E-state index contributed by atoms with van der Waals surface area (Å²) in [5.74, 6) is 0. The van der Waals surface area contributed by atoms with Gasteiger partial charge in [0.1, 0.15) is 0 Å². The summed E-state index contributed by atoms with van der Waals surface area (Å²) in [6.07, 6.45) is 2.76. The molecule has 0 bridgehead atoms. The highest BCUT2D eigenvalue weighted by atomic mass is 32.1. The molecule has 0 saturated heterocycles. The smallest absolute Gasteiger partial charge is 0.0331 e. The standard InChI is InChI=1S/C13H22N2S/c1-13(2,14-3)10-15(11-6-7-11)9-12-5-4-8-16-12/h4-5,8,11,14H,6-7,9-10H2,1-3H3. The van der Waals surface area contributed by atoms with E-state index in [0.29, 0.717) is 0 Å². The third-order valence-electron chi connectivity index (χ3n) is 3.28. The van der Waals surface area contributed by atoms with Crippen molar-refractivity contribution in [2.24, 2.45) is 0 Å². The van der Waals surface area contributed by atoms with Crippen molar-refractivity contribution < 1.29 is 0 Å². The molecule has 1 fully saturated rings. The van der Waals surface area contributed by atoms with Gasteiger partial charge in [-0.3, -0.25) is 4.90 Å². The van der Waals surface area contributed by atoms with E-state index in [1.807, 2.05) is 11.3 Å². The van der Waals surface area contributed by atoms with Crippen molar-refractivity contribution in [3.8, 4) is 0 Å². The molecule has 1 aromatic heterocycles. The maximum Gasteiger partial charge on any atom is 0.0331 e. The average Bonchev–Trinajstić information content (AvgIpc) is 2.97. The summed E-state index contributed by atoms with van der Waals surface area (Å²) >= 11 is 1.87. The lowest BCUT2D eigenvalue weighted by molar-refractivity contribution is 0.192. The van der Waals surface area contributed by atoms with Crippen LogP contribution < -0.4 is 5.32 Å². The third kappa shape index (κ3) is 3.30. The molecule has 0 amide bonds. The molecule has 0 spiro atoms. The van der Waals surface area contributed by atoms with Gasteiger partial charge in [-0.15, -0.1) is 11.3 Å². The fourth-order valence-electron chi connectivity index (χ4n) is 1.94. The number of nitrogens with one attached hydrogen (secondary N) is 1. The van der Waals surface area contributed by atoms with Gasteiger partial charge in [0, 0.05) is 29.5 Å². The first kappa shape index (κ1) is 12.1. The van der Waals surface area contributed by atoms with Crippen LogP contribution in [0, 0.1) is 0 Å². The first-order valence-electron chi connectivity index (χ1n) is 6.06. The highest BCUT2D eigenvalue weighted by molar-refractivity contribution is 7.09. The largest absolute Gasteiger partial charge is 0.314 e. The average molecular weight is 238 g/mol. The molecule has 1 aliphatic carbocycles. The second-order valence-corrected chi connectivity index (χ2v) is 6.38. The van der Waals surface area contributed by atoms with E-state index in [4.69, 9.17) is 0 Å². The molecule has 0 aliphatic heterocycles. The molecular formula is C13H22N2S. The Morgan fingerprint density at radius 1 is 1.50 bits per heavy atom. The van der Waals surface area contributed by atoms with Crippen molar-refractivity contribution in [1.29, 1.82) is 0 Å². The molecule has 1 aliphatic rings. The number of hydrogen-bond acceptors (Lipinski definition) is 3. The van der Waals surface area contributed by atoms with Gasteiger partial charge in [-0.05, 0) is 45.2 Å². The summed E-state index contributed by atoms with van der Waals surface area (Å²) in [7, 11) is 2.05. The highest BCUT2D eigenvalue weighted by Crippen LogP contribution is 2.30. The van der Waals surface area contributed by atoms with Crippen LogP contribution in [0.25, 0.3) is 0 Å². The molecule has 90 valence electrons. The number of likely N-dealkylation sites (N-methyl/N-ethyl adjacent to an activating group) is 1. The summed E-state index contributed by atoms with van der Waals surface area (Å²) in [4.78, 5) is 4.11. The fourth-order valence-corrected chi connectivity index (χ4v) is 2.67. The quantitative estimate of drug-likeness (QED) is 0.820. The van der Waals surface area contributed by atoms with E-state index >= 15 is 0 Å². The van der Waals surface area contributed by atoms with Gasteiger partial charge in [0.2, 0.25) is 0 Å². The van der Waals surface area contributed by atoms with E-state index in [9.17, 15) is 0 Å². The van der Waals surface area contributed by atoms with Crippen molar-refractivity contribution in [3.63, 3.8) is 0 Å². The van der Waals surface area contributed by atoms with Gasteiger partial charge < -0.3 is 5.32 Å². The van der Waals surface area contributed by atoms with Crippen LogP contribution in [0.5, 0.6) is 0 Å². The molecule has 2 rings (SSSR count). The number of thiophene rings is 1. The number of hydrogen-bond donors (Lipinski definition) is 1. The minimum atomic E-state index is 0.208. The molecule has 0 unspecified atom stereocenters. The Morgan fingerprint density at radius 3 is 2.75 bits per heavy atom. The Labute approximate surface area is 103 Å². The van der Waals surface area contributed by atoms with Crippen molar-refractivity contribution in [1.82, 2.24) is 10.2 Å². The molecule has 2 nitrogen and oxygen atoms in total. The van der Waals surface area contributed by atoms with Crippen LogP contribution in [-0.2, 0) is 6.54 Å². The lowest BCUT2D eigenvalue weighted by atomic mass is 10.1. The van der Waals surface area contributed by atoms with Gasteiger partial charge in [-0.2, -0.15) is 0 Å². The van der Waals surface area contributed by atoms with Crippen LogP contribution in [0.2, 0.25) is 0 Å². The van der Waals surface area contributed by atoms with Crippen LogP contribution in [0.15, 0.2) is 17.5 Å². The van der Waals surface area contributed by atoms with Crippen molar-refractivity contribution in [2.45, 2.75) is 44.8 Å². The van der Waals surface area contributed by atoms with Crippen LogP contribution in [0.1, 0.15) is 31.6 Å². The first-order valence-corrected chi connectivity index (χ1v) is 6.94. The predicted octanol–water partition coefficient (Wildman–Crippen LogP) is 2.71. The molecule has 1 saturated carbocycles. The molecule has 0 atom stereocenters. The maximum atomic E-state index is 3.40. The van der Waals surface area contributed by atoms with Gasteiger partial charge in [0.15, 0.2) is 0 Å². The van der Waals surface area contributed by atoms with Gasteiger partial charge in [0.05, 0.1) is 0 Å². The van der Waals surface area contributed by atoms with Gasteiger partial charge >= 0.3 is 0 Å². The van der Waals surface area contributed by atoms with Gasteiger partial charge in [-0.1, -0.05) is 6.07 Å². The van der Waals surface area contributed by atoms with E-state index < -0.39 is 0 Å². The molecule has 0 aromatic carbocycles. The maximum absolute atomic E-state index is 3.40. The Hall–Kier alpha value is -0.380. The molecular weight excluding hydrogens is 216 g/mol. The minimum absolute atomic E-state index is 0.208. The SMILES string of the molecule is CNC(C)(C)CN(Cc1cccs1)C1CC1. The molecule has 0 radical (unpaired) electrons. The van der Waals surface area contributed by atoms with Crippen molar-refractivity contribution in [3.05, 3.63) is 22.4 Å². The number of rotatable bonds is 6. The van der Waals surface area contributed by atoms with E-state index in [2.05, 4.69) is 48.6 Å². The fraction of sp³-hybridized carbons (Fsp3) is 0.692. The summed E-state index contributed by atoms with van der Waals surface area (Å²) in [5, 5.41) is 5.57. The zero-order valence-corrected chi connectivity index (χ0v) is 11.3. The third-order valence-corrected chi connectivity index (χ3v) is 4.14. The summed E-state index contributed by atoms with van der Waals surface area (Å²) in [6.45, 7) is 6.80. The topological polar surface area (TPSA) is 15.3 Å². The van der Waals surface area contributed by atoms with Gasteiger partial charge in [0.25, 0.3) is 0 Å². The molecule has 16 heavy (non-hydrogen) atoms. The van der Waals surface area contributed by atoms with E-state index in [0.717, 1.165) is 19.1 Å². The summed E-state index contributed by atoms with van der Waals surface area (Å²) in [5.41, 5.74) is 0.208. The highest BCUT2D eigenvalue weighted by Gasteiger charge is 2.32. The van der Waals surface area contributed by atoms with E-state index in [1.54, 1.807) is 0 Å². The van der Waals surface area contributed by atoms with Crippen LogP contribution in [0.4, 0.5) is 0 Å². The zero-order chi connectivity index (χ0) is 11.6.